The topological polar surface area (TPSA) is 84.2 Å². The highest BCUT2D eigenvalue weighted by atomic mass is 16.5. The molecule has 0 unspecified atom stereocenters. The Balaban J connectivity index is 1.39. The van der Waals surface area contributed by atoms with Gasteiger partial charge >= 0.3 is 0 Å². The first-order valence-corrected chi connectivity index (χ1v) is 11.4. The van der Waals surface area contributed by atoms with Crippen LogP contribution in [-0.4, -0.2) is 62.8 Å². The summed E-state index contributed by atoms with van der Waals surface area (Å²) in [6.45, 7) is 9.11. The summed E-state index contributed by atoms with van der Waals surface area (Å²) in [6, 6.07) is 7.94. The fourth-order valence-electron chi connectivity index (χ4n) is 3.76. The van der Waals surface area contributed by atoms with E-state index in [-0.39, 0.29) is 0 Å². The molecule has 176 valence electrons. The molecule has 2 aromatic rings. The molecule has 0 bridgehead atoms. The van der Waals surface area contributed by atoms with Crippen LogP contribution in [0.15, 0.2) is 33.7 Å². The Morgan fingerprint density at radius 1 is 1.25 bits per heavy atom. The maximum atomic E-state index is 5.78. The van der Waals surface area contributed by atoms with E-state index in [1.165, 1.54) is 0 Å². The maximum absolute atomic E-state index is 5.78. The van der Waals surface area contributed by atoms with Crippen molar-refractivity contribution in [3.8, 4) is 5.75 Å². The highest BCUT2D eigenvalue weighted by Crippen LogP contribution is 2.20. The normalized spacial score (nSPS) is 15.7. The first kappa shape index (κ1) is 24.1. The summed E-state index contributed by atoms with van der Waals surface area (Å²) in [4.78, 5) is 11.3. The Kier molecular flexibility index (Phi) is 9.37. The van der Waals surface area contributed by atoms with Gasteiger partial charge in [-0.1, -0.05) is 6.07 Å². The molecule has 1 aliphatic rings. The minimum atomic E-state index is 0.619. The quantitative estimate of drug-likeness (QED) is 0.330. The zero-order valence-corrected chi connectivity index (χ0v) is 19.8. The second-order valence-electron chi connectivity index (χ2n) is 8.27. The van der Waals surface area contributed by atoms with E-state index >= 15 is 0 Å². The van der Waals surface area contributed by atoms with Gasteiger partial charge in [0.15, 0.2) is 5.96 Å². The van der Waals surface area contributed by atoms with E-state index in [9.17, 15) is 0 Å². The molecule has 1 fully saturated rings. The van der Waals surface area contributed by atoms with E-state index in [1.54, 1.807) is 14.2 Å². The summed E-state index contributed by atoms with van der Waals surface area (Å²) in [6.07, 6.45) is 3.16. The van der Waals surface area contributed by atoms with Gasteiger partial charge in [0.05, 0.1) is 18.8 Å². The van der Waals surface area contributed by atoms with Crippen LogP contribution in [0.3, 0.4) is 0 Å². The number of likely N-dealkylation sites (tertiary alicyclic amines) is 1. The summed E-state index contributed by atoms with van der Waals surface area (Å²) >= 11 is 0. The largest absolute Gasteiger partial charge is 0.493 e. The zero-order chi connectivity index (χ0) is 22.8. The van der Waals surface area contributed by atoms with Crippen LogP contribution in [0.4, 0.5) is 5.69 Å². The summed E-state index contributed by atoms with van der Waals surface area (Å²) < 4.78 is 16.6. The van der Waals surface area contributed by atoms with Gasteiger partial charge in [0.25, 0.3) is 0 Å². The highest BCUT2D eigenvalue weighted by Gasteiger charge is 2.21. The van der Waals surface area contributed by atoms with Crippen LogP contribution in [0, 0.1) is 19.8 Å². The van der Waals surface area contributed by atoms with E-state index in [0.717, 1.165) is 80.2 Å². The van der Waals surface area contributed by atoms with Crippen molar-refractivity contribution in [3.05, 3.63) is 41.6 Å². The average molecular weight is 444 g/mol. The fraction of sp³-hybridized carbons (Fsp3) is 0.583. The third-order valence-corrected chi connectivity index (χ3v) is 5.78. The molecule has 3 rings (SSSR count). The Morgan fingerprint density at radius 2 is 2.06 bits per heavy atom. The first-order valence-electron chi connectivity index (χ1n) is 11.4. The minimum Gasteiger partial charge on any atom is -0.493 e. The van der Waals surface area contributed by atoms with Gasteiger partial charge in [-0.25, -0.2) is 4.98 Å². The van der Waals surface area contributed by atoms with Crippen LogP contribution in [0.2, 0.25) is 0 Å². The molecule has 0 spiro atoms. The number of aliphatic imine (C=N–C) groups is 1. The second-order valence-corrected chi connectivity index (χ2v) is 8.27. The summed E-state index contributed by atoms with van der Waals surface area (Å²) in [5, 5.41) is 6.84. The molecular formula is C24H37N5O3. The third kappa shape index (κ3) is 7.53. The monoisotopic (exact) mass is 443 g/mol. The molecule has 0 saturated carbocycles. The van der Waals surface area contributed by atoms with Gasteiger partial charge in [-0.3, -0.25) is 9.89 Å². The smallest absolute Gasteiger partial charge is 0.208 e. The Bertz CT molecular complexity index is 840. The Hall–Kier alpha value is -2.58. The van der Waals surface area contributed by atoms with Gasteiger partial charge in [0, 0.05) is 45.5 Å². The van der Waals surface area contributed by atoms with Gasteiger partial charge < -0.3 is 24.5 Å². The lowest BCUT2D eigenvalue weighted by Crippen LogP contribution is -2.40. The number of methoxy groups -OCH3 is 1. The van der Waals surface area contributed by atoms with Gasteiger partial charge in [0.1, 0.15) is 11.5 Å². The van der Waals surface area contributed by atoms with Gasteiger partial charge in [-0.05, 0) is 57.8 Å². The van der Waals surface area contributed by atoms with Gasteiger partial charge in [-0.15, -0.1) is 0 Å². The third-order valence-electron chi connectivity index (χ3n) is 5.78. The second kappa shape index (κ2) is 12.5. The van der Waals surface area contributed by atoms with Crippen LogP contribution in [0.1, 0.15) is 36.6 Å². The van der Waals surface area contributed by atoms with E-state index < -0.39 is 0 Å². The van der Waals surface area contributed by atoms with Gasteiger partial charge in [-0.2, -0.15) is 0 Å². The van der Waals surface area contributed by atoms with Crippen molar-refractivity contribution >= 4 is 11.6 Å². The molecule has 8 heteroatoms. The highest BCUT2D eigenvalue weighted by molar-refractivity contribution is 5.93. The van der Waals surface area contributed by atoms with Crippen LogP contribution in [-0.2, 0) is 11.3 Å². The van der Waals surface area contributed by atoms with Crippen molar-refractivity contribution in [1.82, 2.24) is 15.2 Å². The van der Waals surface area contributed by atoms with Crippen molar-refractivity contribution in [2.75, 3.05) is 52.3 Å². The molecule has 0 amide bonds. The number of benzene rings is 1. The molecule has 0 aliphatic carbocycles. The summed E-state index contributed by atoms with van der Waals surface area (Å²) in [7, 11) is 3.50. The summed E-state index contributed by atoms with van der Waals surface area (Å²) in [5.74, 6) is 3.97. The number of rotatable bonds is 10. The van der Waals surface area contributed by atoms with Crippen LogP contribution in [0.5, 0.6) is 5.75 Å². The molecule has 8 nitrogen and oxygen atoms in total. The molecule has 2 N–H and O–H groups in total. The van der Waals surface area contributed by atoms with Crippen LogP contribution in [0.25, 0.3) is 0 Å². The number of ether oxygens (including phenoxy) is 2. The number of nitrogens with one attached hydrogen (secondary N) is 2. The van der Waals surface area contributed by atoms with E-state index in [2.05, 4.69) is 25.5 Å². The lowest BCUT2D eigenvalue weighted by molar-refractivity contribution is 0.164. The fourth-order valence-corrected chi connectivity index (χ4v) is 3.76. The molecule has 1 aliphatic heterocycles. The maximum Gasteiger partial charge on any atom is 0.208 e. The van der Waals surface area contributed by atoms with Crippen molar-refractivity contribution < 1.29 is 13.9 Å². The van der Waals surface area contributed by atoms with Gasteiger partial charge in [0.2, 0.25) is 5.89 Å². The number of guanidine groups is 1. The Morgan fingerprint density at radius 3 is 2.75 bits per heavy atom. The van der Waals surface area contributed by atoms with E-state index in [4.69, 9.17) is 13.9 Å². The number of piperidine rings is 1. The molecule has 0 atom stereocenters. The zero-order valence-electron chi connectivity index (χ0n) is 19.8. The molecule has 1 aromatic heterocycles. The van der Waals surface area contributed by atoms with Crippen molar-refractivity contribution in [3.63, 3.8) is 0 Å². The number of nitrogens with zero attached hydrogens (tertiary/aromatic N) is 3. The van der Waals surface area contributed by atoms with E-state index in [1.807, 2.05) is 38.1 Å². The lowest BCUT2D eigenvalue weighted by Gasteiger charge is -2.31. The molecular weight excluding hydrogens is 406 g/mol. The molecule has 1 saturated heterocycles. The van der Waals surface area contributed by atoms with Crippen LogP contribution < -0.4 is 15.4 Å². The van der Waals surface area contributed by atoms with Crippen molar-refractivity contribution in [2.24, 2.45) is 10.9 Å². The first-order chi connectivity index (χ1) is 15.6. The lowest BCUT2D eigenvalue weighted by atomic mass is 9.97. The SMILES string of the molecule is CN=C(NCC1CCN(Cc2nc(C)c(C)o2)CC1)Nc1cccc(OCCCOC)c1. The minimum absolute atomic E-state index is 0.619. The molecule has 2 heterocycles. The number of anilines is 1. The predicted octanol–water partition coefficient (Wildman–Crippen LogP) is 3.61. The number of oxazole rings is 1. The Labute approximate surface area is 191 Å². The number of hydrogen-bond donors (Lipinski definition) is 2. The van der Waals surface area contributed by atoms with Crippen LogP contribution >= 0.6 is 0 Å². The van der Waals surface area contributed by atoms with Crippen molar-refractivity contribution in [1.29, 1.82) is 0 Å². The average Bonchev–Trinajstić information content (AvgIpc) is 3.12. The standard InChI is InChI=1S/C24H37N5O3/c1-18-19(2)32-23(27-18)17-29-11-9-20(10-12-29)16-26-24(25-3)28-21-7-5-8-22(15-21)31-14-6-13-30-4/h5,7-8,15,20H,6,9-14,16-17H2,1-4H3,(H2,25,26,28). The molecule has 1 aromatic carbocycles. The predicted molar refractivity (Wildman–Crippen MR) is 127 cm³/mol. The molecule has 32 heavy (non-hydrogen) atoms. The summed E-state index contributed by atoms with van der Waals surface area (Å²) in [5.41, 5.74) is 1.94. The number of aromatic nitrogens is 1. The molecule has 0 radical (unpaired) electrons. The van der Waals surface area contributed by atoms with Crippen molar-refractivity contribution in [2.45, 2.75) is 39.7 Å². The number of hydrogen-bond acceptors (Lipinski definition) is 6. The number of aryl methyl sites for hydroxylation is 2. The van der Waals surface area contributed by atoms with E-state index in [0.29, 0.717) is 19.1 Å².